The molecule has 0 unspecified atom stereocenters. The van der Waals surface area contributed by atoms with Gasteiger partial charge in [0.05, 0.1) is 48.6 Å². The number of aromatic hydroxyl groups is 2. The first-order valence-electron chi connectivity index (χ1n) is 19.7. The molecule has 0 aliphatic carbocycles. The third-order valence-corrected chi connectivity index (χ3v) is 14.4. The van der Waals surface area contributed by atoms with Crippen molar-refractivity contribution in [1.82, 2.24) is 15.0 Å². The molecule has 35 heteroatoms. The Bertz CT molecular complexity index is 4080. The number of hydrogen-bond donors (Lipinski definition) is 8. The zero-order valence-electron chi connectivity index (χ0n) is 36.9. The van der Waals surface area contributed by atoms with E-state index in [9.17, 15) is 66.0 Å². The monoisotopic (exact) mass is 1140 g/mol. The largest absolute Gasteiger partial charge is 0.505 e. The molecule has 7 rings (SSSR count). The van der Waals surface area contributed by atoms with Crippen LogP contribution in [0.5, 0.6) is 23.0 Å². The number of halogens is 1. The van der Waals surface area contributed by atoms with Crippen molar-refractivity contribution in [2.24, 2.45) is 20.5 Å². The number of para-hydroxylation sites is 1. The minimum Gasteiger partial charge on any atom is -0.505 e. The highest BCUT2D eigenvalue weighted by atomic mass is 35.5. The van der Waals surface area contributed by atoms with Crippen LogP contribution in [0.1, 0.15) is 0 Å². The first kappa shape index (κ1) is 54.4. The number of azo groups is 2. The minimum atomic E-state index is -5.53. The number of nitrogens with zero attached hydrogens (tertiary/aromatic N) is 7. The van der Waals surface area contributed by atoms with Crippen LogP contribution in [0.3, 0.4) is 0 Å². The molecule has 1 aromatic heterocycles. The second-order valence-corrected chi connectivity index (χ2v) is 21.7. The fourth-order valence-corrected chi connectivity index (χ4v) is 10.1. The summed E-state index contributed by atoms with van der Waals surface area (Å²) in [6.45, 7) is -1.82. The van der Waals surface area contributed by atoms with Gasteiger partial charge < -0.3 is 30.3 Å². The van der Waals surface area contributed by atoms with Crippen LogP contribution in [0.4, 0.5) is 46.0 Å². The number of phenols is 2. The Morgan fingerprint density at radius 3 is 1.82 bits per heavy atom. The number of aromatic nitrogens is 3. The van der Waals surface area contributed by atoms with Gasteiger partial charge in [-0.15, -0.1) is 20.5 Å². The molecule has 0 spiro atoms. The van der Waals surface area contributed by atoms with Crippen LogP contribution in [-0.4, -0.2) is 113 Å². The number of methoxy groups -OCH3 is 2. The Labute approximate surface area is 422 Å². The molecular formula is C39H32ClN9O20S5. The number of phenolic OH excluding ortho intramolecular Hbond substituents is 2. The Kier molecular flexibility index (Phi) is 15.4. The first-order valence-corrected chi connectivity index (χ1v) is 27.2. The second-order valence-electron chi connectivity index (χ2n) is 14.5. The fraction of sp³-hybridized carbons (Fsp3) is 0.103. The van der Waals surface area contributed by atoms with Crippen molar-refractivity contribution in [3.63, 3.8) is 0 Å². The van der Waals surface area contributed by atoms with Gasteiger partial charge in [-0.25, -0.2) is 4.18 Å². The topological polar surface area (TPSA) is 441 Å². The van der Waals surface area contributed by atoms with Crippen molar-refractivity contribution >= 4 is 130 Å². The van der Waals surface area contributed by atoms with E-state index in [1.165, 1.54) is 19.2 Å². The molecule has 0 fully saturated rings. The average molecular weight is 1140 g/mol. The lowest BCUT2D eigenvalue weighted by molar-refractivity contribution is 0.205. The molecule has 0 bridgehead atoms. The van der Waals surface area contributed by atoms with E-state index >= 15 is 0 Å². The first-order chi connectivity index (χ1) is 34.6. The lowest BCUT2D eigenvalue weighted by atomic mass is 10.1. The van der Waals surface area contributed by atoms with E-state index < -0.39 is 140 Å². The van der Waals surface area contributed by atoms with Gasteiger partial charge in [0.1, 0.15) is 44.0 Å². The summed E-state index contributed by atoms with van der Waals surface area (Å²) in [7, 11) is -23.1. The van der Waals surface area contributed by atoms with Crippen LogP contribution in [0.15, 0.2) is 125 Å². The van der Waals surface area contributed by atoms with Crippen molar-refractivity contribution < 1.29 is 88.4 Å². The average Bonchev–Trinajstić information content (AvgIpc) is 3.30. The summed E-state index contributed by atoms with van der Waals surface area (Å²) in [5, 5.41) is 41.6. The van der Waals surface area contributed by atoms with E-state index in [0.717, 1.165) is 49.6 Å². The maximum Gasteiger partial charge on any atom is 0.397 e. The smallest absolute Gasteiger partial charge is 0.397 e. The van der Waals surface area contributed by atoms with Gasteiger partial charge in [-0.05, 0) is 83.7 Å². The quantitative estimate of drug-likeness (QED) is 0.0178. The van der Waals surface area contributed by atoms with Crippen LogP contribution in [0, 0.1) is 0 Å². The maximum absolute atomic E-state index is 13.1. The number of hydrogen-bond acceptors (Lipinski definition) is 25. The van der Waals surface area contributed by atoms with Crippen molar-refractivity contribution in [3.05, 3.63) is 90.2 Å². The molecule has 0 aliphatic heterocycles. The number of nitrogens with one attached hydrogen (secondary N) is 2. The summed E-state index contributed by atoms with van der Waals surface area (Å²) in [4.78, 5) is 8.13. The summed E-state index contributed by atoms with van der Waals surface area (Å²) in [5.74, 6) is -2.77. The van der Waals surface area contributed by atoms with Crippen LogP contribution in [0.2, 0.25) is 5.28 Å². The normalized spacial score (nSPS) is 12.7. The lowest BCUT2D eigenvalue weighted by Gasteiger charge is -2.16. The van der Waals surface area contributed by atoms with Crippen molar-refractivity contribution in [2.75, 3.05) is 38.1 Å². The van der Waals surface area contributed by atoms with E-state index in [2.05, 4.69) is 54.4 Å². The highest BCUT2D eigenvalue weighted by molar-refractivity contribution is 7.87. The van der Waals surface area contributed by atoms with Crippen LogP contribution >= 0.6 is 11.6 Å². The Balaban J connectivity index is 1.28. The predicted molar refractivity (Wildman–Crippen MR) is 257 cm³/mol. The van der Waals surface area contributed by atoms with Crippen molar-refractivity contribution in [2.45, 2.75) is 19.6 Å². The van der Waals surface area contributed by atoms with Gasteiger partial charge in [0.25, 0.3) is 40.5 Å². The zero-order valence-corrected chi connectivity index (χ0v) is 41.8. The standard InChI is InChI=1S/C39H32ClN9O20S5/c1-66-29-6-4-3-5-24(29)46-47-25-10-7-19-15-21(70(52,53)54)17-28(32(19)35(25)51)42-39-44-37(40)43-38(45-39)41-26-11-9-22-23(36(26)72(58,59)60)18-31(71(55,56)57)33(34(22)50)49-48-27-16-20(8-12-30(27)67-2)73(61,62)68-13-14-69-74(63,64)65/h3-12,15-18,50-51H,13-14H2,1-2H3,(H,52,53,54)(H,55,56,57)(H,58,59,60)(H,63,64,65)(H2,41,42,43,44,45)/b47-46+,49-48+. The zero-order chi connectivity index (χ0) is 54.1. The highest BCUT2D eigenvalue weighted by Gasteiger charge is 2.29. The minimum absolute atomic E-state index is 0.0257. The predicted octanol–water partition coefficient (Wildman–Crippen LogP) is 6.84. The molecule has 29 nitrogen and oxygen atoms in total. The number of ether oxygens (including phenoxy) is 2. The van der Waals surface area contributed by atoms with E-state index in [-0.39, 0.29) is 33.6 Å². The van der Waals surface area contributed by atoms with Gasteiger partial charge in [0.2, 0.25) is 17.2 Å². The molecule has 0 saturated carbocycles. The Hall–Kier alpha value is -7.35. The molecule has 74 heavy (non-hydrogen) atoms. The summed E-state index contributed by atoms with van der Waals surface area (Å²) >= 11 is 6.23. The second kappa shape index (κ2) is 20.9. The molecule has 0 saturated heterocycles. The van der Waals surface area contributed by atoms with Crippen LogP contribution < -0.4 is 20.1 Å². The molecule has 0 aliphatic rings. The molecule has 0 atom stereocenters. The molecule has 390 valence electrons. The van der Waals surface area contributed by atoms with Gasteiger partial charge >= 0.3 is 10.4 Å². The van der Waals surface area contributed by atoms with Crippen LogP contribution in [-0.2, 0) is 59.2 Å². The van der Waals surface area contributed by atoms with Crippen molar-refractivity contribution in [1.29, 1.82) is 0 Å². The molecule has 8 N–H and O–H groups in total. The number of anilines is 4. The van der Waals surface area contributed by atoms with Gasteiger partial charge in [0.15, 0.2) is 11.5 Å². The van der Waals surface area contributed by atoms with E-state index in [1.807, 2.05) is 0 Å². The molecular weight excluding hydrogens is 1110 g/mol. The molecule has 7 aromatic rings. The molecule has 0 radical (unpaired) electrons. The summed E-state index contributed by atoms with van der Waals surface area (Å²) < 4.78 is 182. The van der Waals surface area contributed by atoms with E-state index in [0.29, 0.717) is 11.8 Å². The fourth-order valence-electron chi connectivity index (χ4n) is 6.68. The number of fused-ring (bicyclic) bond motifs is 2. The highest BCUT2D eigenvalue weighted by Crippen LogP contribution is 2.46. The number of benzene rings is 6. The summed E-state index contributed by atoms with van der Waals surface area (Å²) in [6.07, 6.45) is 0. The number of rotatable bonds is 19. The summed E-state index contributed by atoms with van der Waals surface area (Å²) in [5.41, 5.74) is -2.32. The van der Waals surface area contributed by atoms with Gasteiger partial charge in [-0.1, -0.05) is 18.2 Å². The molecule has 1 heterocycles. The Morgan fingerprint density at radius 2 is 1.19 bits per heavy atom. The Morgan fingerprint density at radius 1 is 0.568 bits per heavy atom. The third-order valence-electron chi connectivity index (χ3n) is 9.76. The molecule has 0 amide bonds. The molecule has 6 aromatic carbocycles. The van der Waals surface area contributed by atoms with Gasteiger partial charge in [-0.3, -0.25) is 22.4 Å². The van der Waals surface area contributed by atoms with E-state index in [1.54, 1.807) is 24.3 Å². The van der Waals surface area contributed by atoms with Gasteiger partial charge in [-0.2, -0.15) is 57.0 Å². The summed E-state index contributed by atoms with van der Waals surface area (Å²) in [6, 6.07) is 16.2. The van der Waals surface area contributed by atoms with Crippen LogP contribution in [0.25, 0.3) is 21.5 Å². The van der Waals surface area contributed by atoms with Gasteiger partial charge in [0, 0.05) is 16.2 Å². The SMILES string of the molecule is COc1ccccc1/N=N/c1ccc2cc(S(=O)(=O)O)cc(Nc3nc(Cl)nc(Nc4ccc5c(O)c(/N=N/c6cc(S(=O)(=O)OCCOS(=O)(=O)O)ccc6OC)c(S(=O)(=O)O)cc5c4S(=O)(=O)O)n3)c2c1O. The third kappa shape index (κ3) is 12.3. The van der Waals surface area contributed by atoms with Crippen molar-refractivity contribution in [3.8, 4) is 23.0 Å². The lowest BCUT2D eigenvalue weighted by Crippen LogP contribution is -2.14. The van der Waals surface area contributed by atoms with E-state index in [4.69, 9.17) is 25.6 Å². The maximum atomic E-state index is 13.1.